The Morgan fingerprint density at radius 3 is 3.19 bits per heavy atom. The van der Waals surface area contributed by atoms with E-state index in [0.29, 0.717) is 12.4 Å². The lowest BCUT2D eigenvalue weighted by Gasteiger charge is -2.26. The van der Waals surface area contributed by atoms with E-state index in [9.17, 15) is 4.79 Å². The smallest absolute Gasteiger partial charge is 0.224 e. The zero-order valence-corrected chi connectivity index (χ0v) is 11.8. The highest BCUT2D eigenvalue weighted by Crippen LogP contribution is 2.60. The Labute approximate surface area is 123 Å². The standard InChI is InChI=1S/C16H18N4O/c21-15(17-9-14-18-10-19-20-14)13-8-16(13)7-3-5-11-4-1-2-6-12(11)16/h1-2,4,6,10,13H,3,5,7-9H2,(H,17,21)(H,18,19,20)/t13-,16+/m0/s1. The summed E-state index contributed by atoms with van der Waals surface area (Å²) in [7, 11) is 0. The Kier molecular flexibility index (Phi) is 2.80. The van der Waals surface area contributed by atoms with E-state index in [1.165, 1.54) is 23.9 Å². The van der Waals surface area contributed by atoms with Gasteiger partial charge in [-0.1, -0.05) is 24.3 Å². The first kappa shape index (κ1) is 12.6. The highest BCUT2D eigenvalue weighted by molar-refractivity contribution is 5.84. The molecule has 108 valence electrons. The number of hydrogen-bond donors (Lipinski definition) is 2. The summed E-state index contributed by atoms with van der Waals surface area (Å²) in [5.74, 6) is 0.951. The number of nitrogens with one attached hydrogen (secondary N) is 2. The number of rotatable bonds is 3. The zero-order valence-electron chi connectivity index (χ0n) is 11.8. The molecule has 1 fully saturated rings. The molecular formula is C16H18N4O. The zero-order chi connectivity index (χ0) is 14.3. The molecule has 5 nitrogen and oxygen atoms in total. The monoisotopic (exact) mass is 282 g/mol. The summed E-state index contributed by atoms with van der Waals surface area (Å²) in [4.78, 5) is 16.4. The molecule has 1 aromatic carbocycles. The number of aryl methyl sites for hydroxylation is 1. The van der Waals surface area contributed by atoms with Crippen molar-refractivity contribution in [3.63, 3.8) is 0 Å². The summed E-state index contributed by atoms with van der Waals surface area (Å²) in [6, 6.07) is 8.60. The average molecular weight is 282 g/mol. The van der Waals surface area contributed by atoms with E-state index < -0.39 is 0 Å². The molecular weight excluding hydrogens is 264 g/mol. The Morgan fingerprint density at radius 2 is 2.33 bits per heavy atom. The maximum absolute atomic E-state index is 12.4. The van der Waals surface area contributed by atoms with Crippen molar-refractivity contribution in [3.05, 3.63) is 47.5 Å². The van der Waals surface area contributed by atoms with Gasteiger partial charge in [0, 0.05) is 11.3 Å². The van der Waals surface area contributed by atoms with Gasteiger partial charge in [-0.15, -0.1) is 0 Å². The summed E-state index contributed by atoms with van der Waals surface area (Å²) >= 11 is 0. The predicted molar refractivity (Wildman–Crippen MR) is 77.4 cm³/mol. The van der Waals surface area contributed by atoms with E-state index in [0.717, 1.165) is 19.3 Å². The lowest BCUT2D eigenvalue weighted by molar-refractivity contribution is -0.123. The van der Waals surface area contributed by atoms with E-state index in [-0.39, 0.29) is 17.2 Å². The van der Waals surface area contributed by atoms with Crippen molar-refractivity contribution >= 4 is 5.91 Å². The van der Waals surface area contributed by atoms with Crippen molar-refractivity contribution in [2.24, 2.45) is 5.92 Å². The minimum absolute atomic E-state index is 0.0976. The average Bonchev–Trinajstić information content (AvgIpc) is 2.98. The summed E-state index contributed by atoms with van der Waals surface area (Å²) < 4.78 is 0. The van der Waals surface area contributed by atoms with Crippen LogP contribution in [0.4, 0.5) is 0 Å². The van der Waals surface area contributed by atoms with Crippen LogP contribution >= 0.6 is 0 Å². The number of amides is 1. The Bertz CT molecular complexity index is 667. The van der Waals surface area contributed by atoms with Crippen LogP contribution in [0.25, 0.3) is 0 Å². The molecule has 2 atom stereocenters. The molecule has 4 rings (SSSR count). The summed E-state index contributed by atoms with van der Waals surface area (Å²) in [6.07, 6.45) is 5.89. The lowest BCUT2D eigenvalue weighted by atomic mass is 9.78. The van der Waals surface area contributed by atoms with E-state index in [1.54, 1.807) is 0 Å². The Morgan fingerprint density at radius 1 is 1.43 bits per heavy atom. The van der Waals surface area contributed by atoms with Crippen LogP contribution in [-0.4, -0.2) is 21.1 Å². The summed E-state index contributed by atoms with van der Waals surface area (Å²) in [6.45, 7) is 0.424. The molecule has 5 heteroatoms. The van der Waals surface area contributed by atoms with Crippen molar-refractivity contribution in [2.75, 3.05) is 0 Å². The Hall–Kier alpha value is -2.17. The van der Waals surface area contributed by atoms with E-state index in [4.69, 9.17) is 0 Å². The third kappa shape index (κ3) is 2.04. The van der Waals surface area contributed by atoms with Gasteiger partial charge in [0.1, 0.15) is 12.2 Å². The van der Waals surface area contributed by atoms with Crippen LogP contribution < -0.4 is 5.32 Å². The van der Waals surface area contributed by atoms with Crippen LogP contribution in [-0.2, 0) is 23.2 Å². The molecule has 0 unspecified atom stereocenters. The van der Waals surface area contributed by atoms with Crippen LogP contribution in [0.5, 0.6) is 0 Å². The molecule has 2 aromatic rings. The van der Waals surface area contributed by atoms with Crippen LogP contribution in [0, 0.1) is 5.92 Å². The van der Waals surface area contributed by atoms with Gasteiger partial charge < -0.3 is 5.32 Å². The predicted octanol–water partition coefficient (Wildman–Crippen LogP) is 1.72. The van der Waals surface area contributed by atoms with Gasteiger partial charge in [-0.3, -0.25) is 9.89 Å². The van der Waals surface area contributed by atoms with Crippen LogP contribution in [0.15, 0.2) is 30.6 Å². The van der Waals surface area contributed by atoms with Crippen molar-refractivity contribution < 1.29 is 4.79 Å². The van der Waals surface area contributed by atoms with Gasteiger partial charge in [-0.05, 0) is 36.8 Å². The summed E-state index contributed by atoms with van der Waals surface area (Å²) in [5.41, 5.74) is 2.92. The van der Waals surface area contributed by atoms with Gasteiger partial charge in [0.05, 0.1) is 6.54 Å². The number of aromatic nitrogens is 3. The molecule has 0 aliphatic heterocycles. The van der Waals surface area contributed by atoms with Crippen LogP contribution in [0.3, 0.4) is 0 Å². The van der Waals surface area contributed by atoms with E-state index >= 15 is 0 Å². The quantitative estimate of drug-likeness (QED) is 0.900. The van der Waals surface area contributed by atoms with Crippen LogP contribution in [0.1, 0.15) is 36.2 Å². The van der Waals surface area contributed by atoms with Gasteiger partial charge in [-0.2, -0.15) is 5.10 Å². The second kappa shape index (κ2) is 4.69. The number of benzene rings is 1. The first-order chi connectivity index (χ1) is 10.3. The molecule has 2 N–H and O–H groups in total. The number of nitrogens with zero attached hydrogens (tertiary/aromatic N) is 2. The number of H-pyrrole nitrogens is 1. The molecule has 1 heterocycles. The van der Waals surface area contributed by atoms with Crippen LogP contribution in [0.2, 0.25) is 0 Å². The number of fused-ring (bicyclic) bond motifs is 2. The molecule has 2 aliphatic rings. The minimum Gasteiger partial charge on any atom is -0.349 e. The third-order valence-corrected chi connectivity index (χ3v) is 4.91. The maximum Gasteiger partial charge on any atom is 0.224 e. The van der Waals surface area contributed by atoms with Gasteiger partial charge in [0.2, 0.25) is 5.91 Å². The highest BCUT2D eigenvalue weighted by atomic mass is 16.2. The molecule has 0 radical (unpaired) electrons. The topological polar surface area (TPSA) is 70.7 Å². The number of carbonyl (C=O) groups excluding carboxylic acids is 1. The third-order valence-electron chi connectivity index (χ3n) is 4.91. The maximum atomic E-state index is 12.4. The fourth-order valence-corrected chi connectivity index (χ4v) is 3.79. The molecule has 0 saturated heterocycles. The molecule has 21 heavy (non-hydrogen) atoms. The van der Waals surface area contributed by atoms with Crippen molar-refractivity contribution in [2.45, 2.75) is 37.6 Å². The van der Waals surface area contributed by atoms with Gasteiger partial charge in [0.25, 0.3) is 0 Å². The lowest BCUT2D eigenvalue weighted by Crippen LogP contribution is -2.30. The molecule has 0 bridgehead atoms. The van der Waals surface area contributed by atoms with E-state index in [2.05, 4.69) is 44.8 Å². The second-order valence-electron chi connectivity index (χ2n) is 6.07. The molecule has 1 aromatic heterocycles. The Balaban J connectivity index is 1.49. The molecule has 1 saturated carbocycles. The minimum atomic E-state index is 0.0976. The number of aromatic amines is 1. The highest BCUT2D eigenvalue weighted by Gasteiger charge is 2.59. The van der Waals surface area contributed by atoms with Crippen molar-refractivity contribution in [1.29, 1.82) is 0 Å². The van der Waals surface area contributed by atoms with Crippen molar-refractivity contribution in [3.8, 4) is 0 Å². The van der Waals surface area contributed by atoms with E-state index in [1.807, 2.05) is 0 Å². The fraction of sp³-hybridized carbons (Fsp3) is 0.438. The largest absolute Gasteiger partial charge is 0.349 e. The molecule has 1 spiro atoms. The van der Waals surface area contributed by atoms with Crippen molar-refractivity contribution in [1.82, 2.24) is 20.5 Å². The van der Waals surface area contributed by atoms with Gasteiger partial charge in [-0.25, -0.2) is 4.98 Å². The molecule has 2 aliphatic carbocycles. The fourth-order valence-electron chi connectivity index (χ4n) is 3.79. The van der Waals surface area contributed by atoms with Gasteiger partial charge >= 0.3 is 0 Å². The first-order valence-electron chi connectivity index (χ1n) is 7.50. The SMILES string of the molecule is O=C(NCc1ncn[nH]1)[C@@H]1C[C@@]12CCCc1ccccc12. The normalized spacial score (nSPS) is 26.4. The van der Waals surface area contributed by atoms with Gasteiger partial charge in [0.15, 0.2) is 0 Å². The number of hydrogen-bond acceptors (Lipinski definition) is 3. The summed E-state index contributed by atoms with van der Waals surface area (Å²) in [5, 5.41) is 9.53. The number of carbonyl (C=O) groups is 1. The molecule has 1 amide bonds. The first-order valence-corrected chi connectivity index (χ1v) is 7.50. The second-order valence-corrected chi connectivity index (χ2v) is 6.07.